The molecular weight excluding hydrogens is 222 g/mol. The minimum atomic E-state index is -0.583. The monoisotopic (exact) mass is 235 g/mol. The minimum absolute atomic E-state index is 0.301. The van der Waals surface area contributed by atoms with Crippen LogP contribution >= 0.6 is 0 Å². The summed E-state index contributed by atoms with van der Waals surface area (Å²) in [5.41, 5.74) is 0.865. The summed E-state index contributed by atoms with van der Waals surface area (Å²) in [5.74, 6) is 0.297. The van der Waals surface area contributed by atoms with Gasteiger partial charge < -0.3 is 14.8 Å². The first-order valence-corrected chi connectivity index (χ1v) is 5.34. The molecule has 1 aliphatic heterocycles. The van der Waals surface area contributed by atoms with E-state index < -0.39 is 11.7 Å². The van der Waals surface area contributed by atoms with Gasteiger partial charge in [0.05, 0.1) is 0 Å². The molecule has 2 rings (SSSR count). The van der Waals surface area contributed by atoms with Crippen LogP contribution < -0.4 is 14.8 Å². The fourth-order valence-corrected chi connectivity index (χ4v) is 1.50. The van der Waals surface area contributed by atoms with Crippen molar-refractivity contribution in [2.24, 2.45) is 0 Å². The van der Waals surface area contributed by atoms with E-state index in [2.05, 4.69) is 5.32 Å². The first-order valence-electron chi connectivity index (χ1n) is 5.34. The molecule has 1 heterocycles. The Hall–Kier alpha value is -2.04. The van der Waals surface area contributed by atoms with E-state index in [0.29, 0.717) is 31.3 Å². The van der Waals surface area contributed by atoms with Crippen LogP contribution in [0.5, 0.6) is 11.5 Å². The van der Waals surface area contributed by atoms with Crippen molar-refractivity contribution in [1.82, 2.24) is 5.32 Å². The first-order chi connectivity index (χ1) is 8.16. The molecule has 0 unspecified atom stereocenters. The van der Waals surface area contributed by atoms with E-state index in [4.69, 9.17) is 9.47 Å². The number of nitrogens with one attached hydrogen (secondary N) is 1. The zero-order chi connectivity index (χ0) is 12.3. The fraction of sp³-hybridized carbons (Fsp3) is 0.333. The van der Waals surface area contributed by atoms with Gasteiger partial charge in [-0.25, -0.2) is 0 Å². The molecule has 0 fully saturated rings. The lowest BCUT2D eigenvalue weighted by atomic mass is 10.2. The number of ketones is 1. The van der Waals surface area contributed by atoms with Crippen molar-refractivity contribution >= 4 is 11.7 Å². The number of amides is 1. The summed E-state index contributed by atoms with van der Waals surface area (Å²) < 4.78 is 10.8. The van der Waals surface area contributed by atoms with Gasteiger partial charge in [0.15, 0.2) is 11.5 Å². The maximum absolute atomic E-state index is 11.1. The fourth-order valence-electron chi connectivity index (χ4n) is 1.50. The molecular formula is C12H13NO4. The molecule has 5 heteroatoms. The number of fused-ring (bicyclic) bond motifs is 1. The van der Waals surface area contributed by atoms with Crippen molar-refractivity contribution in [3.63, 3.8) is 0 Å². The number of carbonyl (C=O) groups is 2. The first kappa shape index (κ1) is 11.4. The third kappa shape index (κ3) is 2.75. The predicted octanol–water partition coefficient (Wildman–Crippen LogP) is 0.663. The van der Waals surface area contributed by atoms with Crippen LogP contribution in [0.4, 0.5) is 0 Å². The molecule has 0 aliphatic carbocycles. The third-order valence-electron chi connectivity index (χ3n) is 2.38. The number of Topliss-reactive ketones (excluding diaryl/α,β-unsaturated/α-hetero) is 1. The molecule has 1 N–H and O–H groups in total. The van der Waals surface area contributed by atoms with Crippen molar-refractivity contribution in [3.8, 4) is 11.5 Å². The maximum Gasteiger partial charge on any atom is 0.287 e. The van der Waals surface area contributed by atoms with Crippen LogP contribution in [0.1, 0.15) is 12.5 Å². The number of rotatable bonds is 3. The van der Waals surface area contributed by atoms with Crippen LogP contribution in [-0.4, -0.2) is 24.9 Å². The van der Waals surface area contributed by atoms with Crippen molar-refractivity contribution < 1.29 is 19.1 Å². The Kier molecular flexibility index (Phi) is 3.27. The molecule has 0 atom stereocenters. The van der Waals surface area contributed by atoms with E-state index >= 15 is 0 Å². The van der Waals surface area contributed by atoms with Gasteiger partial charge >= 0.3 is 0 Å². The van der Waals surface area contributed by atoms with E-state index in [9.17, 15) is 9.59 Å². The highest BCUT2D eigenvalue weighted by molar-refractivity contribution is 6.35. The van der Waals surface area contributed by atoms with E-state index in [1.807, 2.05) is 6.07 Å². The lowest BCUT2D eigenvalue weighted by Crippen LogP contribution is -2.28. The summed E-state index contributed by atoms with van der Waals surface area (Å²) in [7, 11) is 0. The van der Waals surface area contributed by atoms with Gasteiger partial charge in [0.25, 0.3) is 5.91 Å². The standard InChI is InChI=1S/C12H13NO4/c1-8(14)12(15)13-7-9-2-3-10-11(6-9)17-5-4-16-10/h2-3,6H,4-5,7H2,1H3,(H,13,15). The summed E-state index contributed by atoms with van der Waals surface area (Å²) in [4.78, 5) is 21.8. The molecule has 17 heavy (non-hydrogen) atoms. The Morgan fingerprint density at radius 3 is 2.65 bits per heavy atom. The minimum Gasteiger partial charge on any atom is -0.486 e. The Balaban J connectivity index is 2.02. The summed E-state index contributed by atoms with van der Waals surface area (Å²) in [6, 6.07) is 5.42. The lowest BCUT2D eigenvalue weighted by molar-refractivity contribution is -0.136. The van der Waals surface area contributed by atoms with Gasteiger partial charge in [0.2, 0.25) is 5.78 Å². The molecule has 0 aromatic heterocycles. The van der Waals surface area contributed by atoms with Gasteiger partial charge in [0, 0.05) is 13.5 Å². The summed E-state index contributed by atoms with van der Waals surface area (Å²) in [6.07, 6.45) is 0. The molecule has 0 spiro atoms. The number of benzene rings is 1. The van der Waals surface area contributed by atoms with Crippen LogP contribution in [0.2, 0.25) is 0 Å². The van der Waals surface area contributed by atoms with Crippen molar-refractivity contribution in [2.75, 3.05) is 13.2 Å². The SMILES string of the molecule is CC(=O)C(=O)NCc1ccc2c(c1)OCCO2. The third-order valence-corrected chi connectivity index (χ3v) is 2.38. The molecule has 1 aliphatic rings. The molecule has 1 aromatic carbocycles. The highest BCUT2D eigenvalue weighted by atomic mass is 16.6. The van der Waals surface area contributed by atoms with E-state index in [1.165, 1.54) is 6.92 Å². The average Bonchev–Trinajstić information content (AvgIpc) is 2.35. The Labute approximate surface area is 98.7 Å². The Morgan fingerprint density at radius 2 is 1.94 bits per heavy atom. The average molecular weight is 235 g/mol. The highest BCUT2D eigenvalue weighted by Gasteiger charge is 2.12. The van der Waals surface area contributed by atoms with Crippen LogP contribution in [0.3, 0.4) is 0 Å². The summed E-state index contributed by atoms with van der Waals surface area (Å²) >= 11 is 0. The second-order valence-corrected chi connectivity index (χ2v) is 3.72. The molecule has 1 aromatic rings. The predicted molar refractivity (Wildman–Crippen MR) is 60.0 cm³/mol. The molecule has 5 nitrogen and oxygen atoms in total. The topological polar surface area (TPSA) is 64.6 Å². The van der Waals surface area contributed by atoms with Crippen LogP contribution in [0.25, 0.3) is 0 Å². The van der Waals surface area contributed by atoms with Crippen molar-refractivity contribution in [2.45, 2.75) is 13.5 Å². The van der Waals surface area contributed by atoms with Crippen LogP contribution in [0, 0.1) is 0 Å². The molecule has 0 saturated carbocycles. The lowest BCUT2D eigenvalue weighted by Gasteiger charge is -2.18. The Morgan fingerprint density at radius 1 is 1.24 bits per heavy atom. The number of carbonyl (C=O) groups excluding carboxylic acids is 2. The van der Waals surface area contributed by atoms with Crippen molar-refractivity contribution in [1.29, 1.82) is 0 Å². The molecule has 1 amide bonds. The highest BCUT2D eigenvalue weighted by Crippen LogP contribution is 2.30. The smallest absolute Gasteiger partial charge is 0.287 e. The van der Waals surface area contributed by atoms with Gasteiger partial charge in [-0.2, -0.15) is 0 Å². The van der Waals surface area contributed by atoms with Gasteiger partial charge in [-0.15, -0.1) is 0 Å². The zero-order valence-corrected chi connectivity index (χ0v) is 9.49. The number of hydrogen-bond acceptors (Lipinski definition) is 4. The molecule has 90 valence electrons. The number of ether oxygens (including phenoxy) is 2. The maximum atomic E-state index is 11.1. The van der Waals surface area contributed by atoms with Crippen molar-refractivity contribution in [3.05, 3.63) is 23.8 Å². The summed E-state index contributed by atoms with van der Waals surface area (Å²) in [5, 5.41) is 2.52. The number of hydrogen-bond donors (Lipinski definition) is 1. The van der Waals surface area contributed by atoms with Gasteiger partial charge in [-0.05, 0) is 17.7 Å². The second-order valence-electron chi connectivity index (χ2n) is 3.72. The largest absolute Gasteiger partial charge is 0.486 e. The van der Waals surface area contributed by atoms with E-state index in [0.717, 1.165) is 5.56 Å². The molecule has 0 saturated heterocycles. The van der Waals surface area contributed by atoms with Gasteiger partial charge in [0.1, 0.15) is 13.2 Å². The second kappa shape index (κ2) is 4.86. The quantitative estimate of drug-likeness (QED) is 0.782. The normalized spacial score (nSPS) is 13.0. The van der Waals surface area contributed by atoms with Gasteiger partial charge in [-0.1, -0.05) is 6.07 Å². The zero-order valence-electron chi connectivity index (χ0n) is 9.49. The Bertz CT molecular complexity index is 456. The van der Waals surface area contributed by atoms with E-state index in [-0.39, 0.29) is 0 Å². The molecule has 0 bridgehead atoms. The van der Waals surface area contributed by atoms with Crippen LogP contribution in [-0.2, 0) is 16.1 Å². The van der Waals surface area contributed by atoms with Gasteiger partial charge in [-0.3, -0.25) is 9.59 Å². The molecule has 0 radical (unpaired) electrons. The summed E-state index contributed by atoms with van der Waals surface area (Å²) in [6.45, 7) is 2.61. The van der Waals surface area contributed by atoms with Crippen LogP contribution in [0.15, 0.2) is 18.2 Å². The van der Waals surface area contributed by atoms with E-state index in [1.54, 1.807) is 12.1 Å².